The number of carbonyl (C=O) groups excluding carboxylic acids is 1. The van der Waals surface area contributed by atoms with Gasteiger partial charge >= 0.3 is 0 Å². The molecule has 110 valence electrons. The summed E-state index contributed by atoms with van der Waals surface area (Å²) in [5.74, 6) is 0.0321. The third kappa shape index (κ3) is 3.51. The number of rotatable bonds is 6. The van der Waals surface area contributed by atoms with Crippen LogP contribution < -0.4 is 10.6 Å². The maximum absolute atomic E-state index is 13.6. The minimum absolute atomic E-state index is 0.0321. The van der Waals surface area contributed by atoms with Gasteiger partial charge in [0.15, 0.2) is 5.78 Å². The molecule has 0 fully saturated rings. The van der Waals surface area contributed by atoms with Crippen molar-refractivity contribution in [2.45, 2.75) is 26.7 Å². The van der Waals surface area contributed by atoms with E-state index in [4.69, 9.17) is 0 Å². The second-order valence-electron chi connectivity index (χ2n) is 5.26. The van der Waals surface area contributed by atoms with Crippen LogP contribution in [-0.2, 0) is 4.57 Å². The molecule has 21 heavy (non-hydrogen) atoms. The van der Waals surface area contributed by atoms with Crippen LogP contribution in [0.2, 0.25) is 0 Å². The highest BCUT2D eigenvalue weighted by Crippen LogP contribution is 2.44. The average Bonchev–Trinajstić information content (AvgIpc) is 2.53. The molecule has 0 aliphatic rings. The van der Waals surface area contributed by atoms with Crippen molar-refractivity contribution in [1.29, 1.82) is 0 Å². The van der Waals surface area contributed by atoms with Gasteiger partial charge in [0.2, 0.25) is 0 Å². The van der Waals surface area contributed by atoms with Gasteiger partial charge < -0.3 is 4.57 Å². The van der Waals surface area contributed by atoms with Crippen molar-refractivity contribution in [3.63, 3.8) is 0 Å². The Morgan fingerprint density at radius 3 is 2.05 bits per heavy atom. The normalized spacial score (nSPS) is 13.6. The molecule has 0 saturated heterocycles. The first-order valence-electron chi connectivity index (χ1n) is 7.34. The fourth-order valence-electron chi connectivity index (χ4n) is 2.39. The first kappa shape index (κ1) is 15.7. The summed E-state index contributed by atoms with van der Waals surface area (Å²) in [6.07, 6.45) is 2.62. The van der Waals surface area contributed by atoms with E-state index in [0.29, 0.717) is 11.7 Å². The van der Waals surface area contributed by atoms with Crippen LogP contribution in [0.4, 0.5) is 0 Å². The van der Waals surface area contributed by atoms with Crippen LogP contribution >= 0.6 is 7.14 Å². The number of hydrogen-bond donors (Lipinski definition) is 0. The Kier molecular flexibility index (Phi) is 5.14. The van der Waals surface area contributed by atoms with Crippen LogP contribution in [-0.4, -0.2) is 11.9 Å². The highest BCUT2D eigenvalue weighted by molar-refractivity contribution is 7.78. The number of hydrogen-bond acceptors (Lipinski definition) is 2. The second-order valence-corrected chi connectivity index (χ2v) is 8.21. The van der Waals surface area contributed by atoms with Crippen molar-refractivity contribution in [2.24, 2.45) is 0 Å². The molecule has 0 spiro atoms. The molecular weight excluding hydrogens is 279 g/mol. The Labute approximate surface area is 126 Å². The minimum atomic E-state index is -2.60. The smallest absolute Gasteiger partial charge is 0.159 e. The summed E-state index contributed by atoms with van der Waals surface area (Å²) in [7, 11) is -2.60. The van der Waals surface area contributed by atoms with Gasteiger partial charge in [-0.05, 0) is 13.3 Å². The molecule has 0 aliphatic carbocycles. The molecule has 0 heterocycles. The van der Waals surface area contributed by atoms with E-state index in [0.717, 1.165) is 23.5 Å². The summed E-state index contributed by atoms with van der Waals surface area (Å²) in [5, 5.41) is 1.74. The highest BCUT2D eigenvalue weighted by Gasteiger charge is 2.26. The Bertz CT molecular complexity index is 645. The number of carbonyl (C=O) groups is 1. The third-order valence-corrected chi connectivity index (χ3v) is 6.90. The standard InChI is InChI=1S/C18H21O2P/c1-3-4-14-21(20,17-8-6-5-7-9-17)18-12-10-16(11-13-18)15(2)19/h5-13H,3-4,14H2,1-2H3. The van der Waals surface area contributed by atoms with Gasteiger partial charge in [-0.25, -0.2) is 0 Å². The topological polar surface area (TPSA) is 34.1 Å². The summed E-state index contributed by atoms with van der Waals surface area (Å²) in [5.41, 5.74) is 0.661. The van der Waals surface area contributed by atoms with Gasteiger partial charge in [-0.15, -0.1) is 0 Å². The van der Waals surface area contributed by atoms with Crippen LogP contribution in [0.3, 0.4) is 0 Å². The van der Waals surface area contributed by atoms with E-state index >= 15 is 0 Å². The Morgan fingerprint density at radius 1 is 0.952 bits per heavy atom. The zero-order chi connectivity index (χ0) is 15.3. The van der Waals surface area contributed by atoms with Crippen molar-refractivity contribution in [3.05, 3.63) is 60.2 Å². The summed E-state index contributed by atoms with van der Waals surface area (Å²) in [6, 6.07) is 16.9. The molecule has 3 heteroatoms. The zero-order valence-corrected chi connectivity index (χ0v) is 13.5. The Balaban J connectivity index is 2.45. The summed E-state index contributed by atoms with van der Waals surface area (Å²) in [6.45, 7) is 3.65. The molecule has 2 aromatic rings. The zero-order valence-electron chi connectivity index (χ0n) is 12.6. The lowest BCUT2D eigenvalue weighted by atomic mass is 10.2. The van der Waals surface area contributed by atoms with Gasteiger partial charge in [0, 0.05) is 22.3 Å². The van der Waals surface area contributed by atoms with Crippen LogP contribution in [0.25, 0.3) is 0 Å². The molecule has 0 aliphatic heterocycles. The number of unbranched alkanes of at least 4 members (excludes halogenated alkanes) is 1. The van der Waals surface area contributed by atoms with Crippen molar-refractivity contribution in [3.8, 4) is 0 Å². The van der Waals surface area contributed by atoms with Crippen LogP contribution in [0.1, 0.15) is 37.0 Å². The molecule has 0 radical (unpaired) electrons. The average molecular weight is 300 g/mol. The van der Waals surface area contributed by atoms with E-state index in [1.807, 2.05) is 42.5 Å². The first-order valence-corrected chi connectivity index (χ1v) is 9.23. The molecule has 0 saturated carbocycles. The predicted molar refractivity (Wildman–Crippen MR) is 89.5 cm³/mol. The van der Waals surface area contributed by atoms with Crippen molar-refractivity contribution in [1.82, 2.24) is 0 Å². The molecule has 1 atom stereocenters. The van der Waals surface area contributed by atoms with E-state index in [1.54, 1.807) is 19.1 Å². The fraction of sp³-hybridized carbons (Fsp3) is 0.278. The predicted octanol–water partition coefficient (Wildman–Crippen LogP) is 4.00. The number of benzene rings is 2. The molecule has 2 nitrogen and oxygen atoms in total. The van der Waals surface area contributed by atoms with E-state index in [9.17, 15) is 9.36 Å². The maximum atomic E-state index is 13.6. The maximum Gasteiger partial charge on any atom is 0.159 e. The molecule has 0 N–H and O–H groups in total. The lowest BCUT2D eigenvalue weighted by Crippen LogP contribution is -2.18. The fourth-order valence-corrected chi connectivity index (χ4v) is 5.25. The molecule has 2 rings (SSSR count). The first-order chi connectivity index (χ1) is 10.1. The largest absolute Gasteiger partial charge is 0.314 e. The van der Waals surface area contributed by atoms with Gasteiger partial charge in [0.1, 0.15) is 7.14 Å². The van der Waals surface area contributed by atoms with E-state index < -0.39 is 7.14 Å². The van der Waals surface area contributed by atoms with Gasteiger partial charge in [0.05, 0.1) is 0 Å². The second kappa shape index (κ2) is 6.87. The van der Waals surface area contributed by atoms with Gasteiger partial charge in [-0.2, -0.15) is 0 Å². The number of ketones is 1. The highest BCUT2D eigenvalue weighted by atomic mass is 31.2. The van der Waals surface area contributed by atoms with E-state index in [2.05, 4.69) is 6.92 Å². The molecule has 1 unspecified atom stereocenters. The van der Waals surface area contributed by atoms with Crippen LogP contribution in [0.5, 0.6) is 0 Å². The van der Waals surface area contributed by atoms with Crippen LogP contribution in [0.15, 0.2) is 54.6 Å². The van der Waals surface area contributed by atoms with Crippen molar-refractivity contribution in [2.75, 3.05) is 6.16 Å². The molecule has 0 bridgehead atoms. The van der Waals surface area contributed by atoms with Crippen LogP contribution in [0, 0.1) is 0 Å². The van der Waals surface area contributed by atoms with E-state index in [1.165, 1.54) is 0 Å². The molecule has 0 aromatic heterocycles. The lowest BCUT2D eigenvalue weighted by Gasteiger charge is -2.19. The monoisotopic (exact) mass is 300 g/mol. The van der Waals surface area contributed by atoms with Crippen molar-refractivity contribution >= 4 is 23.5 Å². The minimum Gasteiger partial charge on any atom is -0.314 e. The van der Waals surface area contributed by atoms with E-state index in [-0.39, 0.29) is 5.78 Å². The molecule has 2 aromatic carbocycles. The van der Waals surface area contributed by atoms with Crippen molar-refractivity contribution < 1.29 is 9.36 Å². The Hall–Kier alpha value is -1.66. The SMILES string of the molecule is CCCCP(=O)(c1ccccc1)c1ccc(C(C)=O)cc1. The van der Waals surface area contributed by atoms with Gasteiger partial charge in [0.25, 0.3) is 0 Å². The quantitative estimate of drug-likeness (QED) is 0.597. The summed E-state index contributed by atoms with van der Waals surface area (Å²) in [4.78, 5) is 11.4. The summed E-state index contributed by atoms with van der Waals surface area (Å²) < 4.78 is 13.6. The van der Waals surface area contributed by atoms with Gasteiger partial charge in [-0.1, -0.05) is 67.9 Å². The molecular formula is C18H21O2P. The Morgan fingerprint density at radius 2 is 1.52 bits per heavy atom. The summed E-state index contributed by atoms with van der Waals surface area (Å²) >= 11 is 0. The molecule has 0 amide bonds. The third-order valence-electron chi connectivity index (χ3n) is 3.69. The lowest BCUT2D eigenvalue weighted by molar-refractivity contribution is 0.101. The van der Waals surface area contributed by atoms with Gasteiger partial charge in [-0.3, -0.25) is 4.79 Å². The number of Topliss-reactive ketones (excluding diaryl/α,β-unsaturated/α-hetero) is 1.